The zero-order chi connectivity index (χ0) is 10.5. The second kappa shape index (κ2) is 4.75. The Morgan fingerprint density at radius 2 is 1.73 bits per heavy atom. The molecule has 0 spiro atoms. The summed E-state index contributed by atoms with van der Waals surface area (Å²) in [7, 11) is 0. The monoisotopic (exact) mass is 214 g/mol. The van der Waals surface area contributed by atoms with Crippen LogP contribution in [0.15, 0.2) is 60.4 Å². The van der Waals surface area contributed by atoms with Gasteiger partial charge in [0.15, 0.2) is 0 Å². The number of pyridine rings is 2. The minimum atomic E-state index is 0.896. The fraction of sp³-hybridized carbons (Fsp3) is 0. The van der Waals surface area contributed by atoms with Crippen LogP contribution in [0, 0.1) is 0 Å². The van der Waals surface area contributed by atoms with Crippen LogP contribution in [-0.4, -0.2) is 9.97 Å². The van der Waals surface area contributed by atoms with Crippen molar-refractivity contribution in [3.05, 3.63) is 61.1 Å². The van der Waals surface area contributed by atoms with E-state index in [-0.39, 0.29) is 0 Å². The number of nitrogens with zero attached hydrogens (tertiary/aromatic N) is 2. The van der Waals surface area contributed by atoms with Gasteiger partial charge in [0, 0.05) is 17.3 Å². The van der Waals surface area contributed by atoms with Gasteiger partial charge in [0.2, 0.25) is 0 Å². The molecule has 2 nitrogen and oxygen atoms in total. The molecule has 0 N–H and O–H groups in total. The van der Waals surface area contributed by atoms with Crippen LogP contribution in [0.5, 0.6) is 0 Å². The lowest BCUT2D eigenvalue weighted by atomic mass is 10.3. The molecule has 0 saturated heterocycles. The van der Waals surface area contributed by atoms with E-state index in [0.29, 0.717) is 0 Å². The van der Waals surface area contributed by atoms with Crippen LogP contribution in [0.3, 0.4) is 0 Å². The topological polar surface area (TPSA) is 25.8 Å². The molecular formula is C12H10N2S. The molecule has 0 unspecified atom stereocenters. The molecule has 0 aliphatic rings. The van der Waals surface area contributed by atoms with E-state index in [1.54, 1.807) is 12.4 Å². The van der Waals surface area contributed by atoms with Crippen molar-refractivity contribution in [2.24, 2.45) is 0 Å². The fourth-order valence-corrected chi connectivity index (χ4v) is 1.85. The Morgan fingerprint density at radius 3 is 2.33 bits per heavy atom. The van der Waals surface area contributed by atoms with E-state index >= 15 is 0 Å². The molecule has 0 aliphatic carbocycles. The largest absolute Gasteiger partial charge is 0.256 e. The standard InChI is InChI=1S/C12H10N2S/c1-10(11-6-2-4-8-13-11)15-12-7-3-5-9-14-12/h2-9H,1H2. The molecule has 3 heteroatoms. The first-order valence-electron chi connectivity index (χ1n) is 4.55. The smallest absolute Gasteiger partial charge is 0.101 e. The van der Waals surface area contributed by atoms with Gasteiger partial charge in [-0.2, -0.15) is 0 Å². The van der Waals surface area contributed by atoms with Crippen molar-refractivity contribution in [1.82, 2.24) is 9.97 Å². The molecule has 0 radical (unpaired) electrons. The van der Waals surface area contributed by atoms with Gasteiger partial charge in [0.25, 0.3) is 0 Å². The van der Waals surface area contributed by atoms with Crippen molar-refractivity contribution in [3.63, 3.8) is 0 Å². The van der Waals surface area contributed by atoms with E-state index in [9.17, 15) is 0 Å². The lowest BCUT2D eigenvalue weighted by Crippen LogP contribution is -1.84. The third-order valence-corrected chi connectivity index (χ3v) is 2.72. The molecule has 15 heavy (non-hydrogen) atoms. The molecule has 0 bridgehead atoms. The Morgan fingerprint density at radius 1 is 1.00 bits per heavy atom. The van der Waals surface area contributed by atoms with Crippen LogP contribution in [-0.2, 0) is 0 Å². The highest BCUT2D eigenvalue weighted by Gasteiger charge is 2.02. The Kier molecular flexibility index (Phi) is 3.15. The summed E-state index contributed by atoms with van der Waals surface area (Å²) >= 11 is 1.53. The van der Waals surface area contributed by atoms with E-state index in [0.717, 1.165) is 15.6 Å². The maximum atomic E-state index is 4.23. The van der Waals surface area contributed by atoms with Crippen LogP contribution < -0.4 is 0 Å². The zero-order valence-corrected chi connectivity index (χ0v) is 8.95. The number of rotatable bonds is 3. The molecule has 0 saturated carbocycles. The fourth-order valence-electron chi connectivity index (χ4n) is 1.11. The highest BCUT2D eigenvalue weighted by atomic mass is 32.2. The maximum absolute atomic E-state index is 4.23. The van der Waals surface area contributed by atoms with Crippen LogP contribution in [0.1, 0.15) is 5.69 Å². The van der Waals surface area contributed by atoms with Gasteiger partial charge in [-0.1, -0.05) is 30.5 Å². The van der Waals surface area contributed by atoms with Gasteiger partial charge in [0.1, 0.15) is 5.03 Å². The summed E-state index contributed by atoms with van der Waals surface area (Å²) in [5.74, 6) is 0. The average Bonchev–Trinajstić information content (AvgIpc) is 2.31. The van der Waals surface area contributed by atoms with Crippen molar-refractivity contribution >= 4 is 16.7 Å². The maximum Gasteiger partial charge on any atom is 0.101 e. The first kappa shape index (κ1) is 9.93. The summed E-state index contributed by atoms with van der Waals surface area (Å²) in [6.07, 6.45) is 3.54. The second-order valence-electron chi connectivity index (χ2n) is 2.91. The summed E-state index contributed by atoms with van der Waals surface area (Å²) in [5, 5.41) is 0.938. The minimum Gasteiger partial charge on any atom is -0.256 e. The van der Waals surface area contributed by atoms with Gasteiger partial charge >= 0.3 is 0 Å². The summed E-state index contributed by atoms with van der Waals surface area (Å²) in [4.78, 5) is 9.36. The van der Waals surface area contributed by atoms with Crippen molar-refractivity contribution in [2.75, 3.05) is 0 Å². The summed E-state index contributed by atoms with van der Waals surface area (Å²) in [6, 6.07) is 11.6. The van der Waals surface area contributed by atoms with Crippen molar-refractivity contribution in [3.8, 4) is 0 Å². The van der Waals surface area contributed by atoms with E-state index in [2.05, 4.69) is 16.5 Å². The lowest BCUT2D eigenvalue weighted by Gasteiger charge is -2.02. The van der Waals surface area contributed by atoms with Crippen LogP contribution in [0.4, 0.5) is 0 Å². The molecule has 0 fully saturated rings. The number of aromatic nitrogens is 2. The van der Waals surface area contributed by atoms with Gasteiger partial charge in [-0.15, -0.1) is 0 Å². The van der Waals surface area contributed by atoms with Crippen LogP contribution in [0.25, 0.3) is 4.91 Å². The van der Waals surface area contributed by atoms with Gasteiger partial charge in [-0.05, 0) is 24.3 Å². The van der Waals surface area contributed by atoms with E-state index in [1.165, 1.54) is 11.8 Å². The van der Waals surface area contributed by atoms with Crippen LogP contribution >= 0.6 is 11.8 Å². The molecular weight excluding hydrogens is 204 g/mol. The quantitative estimate of drug-likeness (QED) is 0.733. The predicted octanol–water partition coefficient (Wildman–Crippen LogP) is 3.24. The highest BCUT2D eigenvalue weighted by Crippen LogP contribution is 2.29. The second-order valence-corrected chi connectivity index (χ2v) is 4.02. The highest BCUT2D eigenvalue weighted by molar-refractivity contribution is 8.08. The Balaban J connectivity index is 2.12. The molecule has 0 amide bonds. The number of hydrogen-bond donors (Lipinski definition) is 0. The SMILES string of the molecule is C=C(Sc1ccccn1)c1ccccn1. The molecule has 0 atom stereocenters. The molecule has 2 heterocycles. The zero-order valence-electron chi connectivity index (χ0n) is 8.13. The number of thioether (sulfide) groups is 1. The third-order valence-electron chi connectivity index (χ3n) is 1.82. The molecule has 2 rings (SSSR count). The van der Waals surface area contributed by atoms with Gasteiger partial charge < -0.3 is 0 Å². The van der Waals surface area contributed by atoms with E-state index in [1.807, 2.05) is 36.4 Å². The normalized spacial score (nSPS) is 9.87. The van der Waals surface area contributed by atoms with Crippen molar-refractivity contribution in [1.29, 1.82) is 0 Å². The Hall–Kier alpha value is -1.61. The molecule has 2 aromatic rings. The summed E-state index contributed by atoms with van der Waals surface area (Å²) in [5.41, 5.74) is 0.896. The Bertz CT molecular complexity index is 440. The summed E-state index contributed by atoms with van der Waals surface area (Å²) in [6.45, 7) is 3.98. The Labute approximate surface area is 93.1 Å². The first-order valence-corrected chi connectivity index (χ1v) is 5.37. The van der Waals surface area contributed by atoms with E-state index < -0.39 is 0 Å². The predicted molar refractivity (Wildman–Crippen MR) is 63.4 cm³/mol. The van der Waals surface area contributed by atoms with Crippen molar-refractivity contribution in [2.45, 2.75) is 5.03 Å². The summed E-state index contributed by atoms with van der Waals surface area (Å²) < 4.78 is 0. The molecule has 74 valence electrons. The molecule has 0 aromatic carbocycles. The van der Waals surface area contributed by atoms with Gasteiger partial charge in [-0.25, -0.2) is 4.98 Å². The van der Waals surface area contributed by atoms with Gasteiger partial charge in [-0.3, -0.25) is 4.98 Å². The third kappa shape index (κ3) is 2.67. The van der Waals surface area contributed by atoms with Crippen molar-refractivity contribution < 1.29 is 0 Å². The lowest BCUT2D eigenvalue weighted by molar-refractivity contribution is 1.14. The first-order chi connectivity index (χ1) is 7.36. The minimum absolute atomic E-state index is 0.896. The van der Waals surface area contributed by atoms with Gasteiger partial charge in [0.05, 0.1) is 5.69 Å². The molecule has 2 aromatic heterocycles. The van der Waals surface area contributed by atoms with Crippen LogP contribution in [0.2, 0.25) is 0 Å². The molecule has 0 aliphatic heterocycles. The van der Waals surface area contributed by atoms with E-state index in [4.69, 9.17) is 0 Å². The average molecular weight is 214 g/mol. The number of hydrogen-bond acceptors (Lipinski definition) is 3.